The van der Waals surface area contributed by atoms with Gasteiger partial charge in [0.15, 0.2) is 0 Å². The highest BCUT2D eigenvalue weighted by molar-refractivity contribution is 5.59. The van der Waals surface area contributed by atoms with Gasteiger partial charge in [-0.25, -0.2) is 0 Å². The van der Waals surface area contributed by atoms with Gasteiger partial charge in [0, 0.05) is 18.3 Å². The van der Waals surface area contributed by atoms with Gasteiger partial charge in [-0.15, -0.1) is 0 Å². The van der Waals surface area contributed by atoms with Crippen molar-refractivity contribution in [3.63, 3.8) is 0 Å². The molecule has 0 bridgehead atoms. The quantitative estimate of drug-likeness (QED) is 0.938. The summed E-state index contributed by atoms with van der Waals surface area (Å²) in [5.41, 5.74) is 4.03. The molecule has 0 amide bonds. The van der Waals surface area contributed by atoms with Gasteiger partial charge < -0.3 is 10.0 Å². The average molecular weight is 278 g/mol. The van der Waals surface area contributed by atoms with E-state index in [0.717, 1.165) is 12.0 Å². The summed E-state index contributed by atoms with van der Waals surface area (Å²) in [6, 6.07) is 18.0. The minimum atomic E-state index is -0.550. The summed E-state index contributed by atoms with van der Waals surface area (Å²) in [7, 11) is 0. The van der Waals surface area contributed by atoms with Gasteiger partial charge in [-0.05, 0) is 42.7 Å². The molecule has 21 heavy (non-hydrogen) atoms. The number of nitriles is 1. The molecule has 0 fully saturated rings. The highest BCUT2D eigenvalue weighted by Crippen LogP contribution is 2.33. The number of hydrogen-bond donors (Lipinski definition) is 1. The first-order valence-electron chi connectivity index (χ1n) is 7.21. The van der Waals surface area contributed by atoms with E-state index in [2.05, 4.69) is 36.1 Å². The van der Waals surface area contributed by atoms with Crippen LogP contribution < -0.4 is 4.90 Å². The maximum atomic E-state index is 10.5. The zero-order chi connectivity index (χ0) is 14.8. The van der Waals surface area contributed by atoms with E-state index >= 15 is 0 Å². The molecule has 3 rings (SSSR count). The Bertz CT molecular complexity index is 672. The Hall–Kier alpha value is -2.31. The Labute approximate surface area is 125 Å². The fraction of sp³-hybridized carbons (Fsp3) is 0.278. The molecule has 0 aliphatic carbocycles. The van der Waals surface area contributed by atoms with Gasteiger partial charge in [-0.2, -0.15) is 5.26 Å². The van der Waals surface area contributed by atoms with Crippen molar-refractivity contribution in [1.82, 2.24) is 0 Å². The molecule has 106 valence electrons. The molecule has 0 saturated carbocycles. The highest BCUT2D eigenvalue weighted by atomic mass is 16.3. The molecule has 2 aromatic carbocycles. The second-order valence-corrected chi connectivity index (χ2v) is 5.58. The van der Waals surface area contributed by atoms with Crippen molar-refractivity contribution in [2.75, 3.05) is 11.4 Å². The third-order valence-electron chi connectivity index (χ3n) is 4.14. The largest absolute Gasteiger partial charge is 0.387 e. The molecule has 3 heteroatoms. The molecule has 1 N–H and O–H groups in total. The van der Waals surface area contributed by atoms with Crippen LogP contribution in [0.25, 0.3) is 0 Å². The van der Waals surface area contributed by atoms with Crippen LogP contribution in [-0.4, -0.2) is 17.7 Å². The average Bonchev–Trinajstić information content (AvgIpc) is 2.83. The minimum Gasteiger partial charge on any atom is -0.387 e. The molecule has 1 aliphatic rings. The van der Waals surface area contributed by atoms with Crippen molar-refractivity contribution < 1.29 is 5.11 Å². The maximum absolute atomic E-state index is 10.5. The van der Waals surface area contributed by atoms with Gasteiger partial charge >= 0.3 is 0 Å². The van der Waals surface area contributed by atoms with Crippen LogP contribution >= 0.6 is 0 Å². The lowest BCUT2D eigenvalue weighted by atomic mass is 10.1. The first kappa shape index (κ1) is 13.7. The number of aliphatic hydroxyl groups excluding tert-OH is 1. The number of nitrogens with zero attached hydrogens (tertiary/aromatic N) is 2. The number of para-hydroxylation sites is 1. The molecule has 2 atom stereocenters. The van der Waals surface area contributed by atoms with Crippen molar-refractivity contribution in [1.29, 1.82) is 5.26 Å². The molecular weight excluding hydrogens is 260 g/mol. The van der Waals surface area contributed by atoms with E-state index in [1.807, 2.05) is 18.2 Å². The van der Waals surface area contributed by atoms with Gasteiger partial charge in [-0.3, -0.25) is 0 Å². The number of aliphatic hydroxyl groups is 1. The van der Waals surface area contributed by atoms with Crippen LogP contribution in [0.5, 0.6) is 0 Å². The number of benzene rings is 2. The molecular formula is C18H18N2O. The summed E-state index contributed by atoms with van der Waals surface area (Å²) in [4.78, 5) is 2.26. The SMILES string of the molecule is CC1Cc2ccccc2N1CC(O)c1ccc(C#N)cc1. The molecule has 1 heterocycles. The molecule has 2 aromatic rings. The van der Waals surface area contributed by atoms with Gasteiger partial charge in [0.2, 0.25) is 0 Å². The van der Waals surface area contributed by atoms with Crippen molar-refractivity contribution in [2.45, 2.75) is 25.5 Å². The smallest absolute Gasteiger partial charge is 0.0991 e. The second-order valence-electron chi connectivity index (χ2n) is 5.58. The second kappa shape index (κ2) is 5.59. The highest BCUT2D eigenvalue weighted by Gasteiger charge is 2.27. The summed E-state index contributed by atoms with van der Waals surface area (Å²) in [5, 5.41) is 19.3. The third kappa shape index (κ3) is 2.63. The van der Waals surface area contributed by atoms with Crippen LogP contribution in [0.4, 0.5) is 5.69 Å². The monoisotopic (exact) mass is 278 g/mol. The van der Waals surface area contributed by atoms with E-state index in [1.54, 1.807) is 12.1 Å². The number of fused-ring (bicyclic) bond motifs is 1. The van der Waals surface area contributed by atoms with Crippen molar-refractivity contribution in [3.05, 3.63) is 65.2 Å². The molecule has 3 nitrogen and oxygen atoms in total. The van der Waals surface area contributed by atoms with Crippen molar-refractivity contribution in [2.24, 2.45) is 0 Å². The molecule has 0 saturated heterocycles. The Kier molecular flexibility index (Phi) is 3.64. The van der Waals surface area contributed by atoms with Crippen LogP contribution in [0.3, 0.4) is 0 Å². The number of β-amino-alcohol motifs (C(OH)–C–C–N with tert-alkyl or cyclic N) is 1. The minimum absolute atomic E-state index is 0.399. The van der Waals surface area contributed by atoms with Crippen LogP contribution in [-0.2, 0) is 6.42 Å². The molecule has 0 aromatic heterocycles. The molecule has 0 radical (unpaired) electrons. The van der Waals surface area contributed by atoms with E-state index in [-0.39, 0.29) is 0 Å². The van der Waals surface area contributed by atoms with Gasteiger partial charge in [0.25, 0.3) is 0 Å². The zero-order valence-corrected chi connectivity index (χ0v) is 12.0. The standard InChI is InChI=1S/C18H18N2O/c1-13-10-16-4-2-3-5-17(16)20(13)12-18(21)15-8-6-14(11-19)7-9-15/h2-9,13,18,21H,10,12H2,1H3. The van der Waals surface area contributed by atoms with Crippen LogP contribution in [0, 0.1) is 11.3 Å². The lowest BCUT2D eigenvalue weighted by molar-refractivity contribution is 0.181. The molecule has 2 unspecified atom stereocenters. The van der Waals surface area contributed by atoms with E-state index in [9.17, 15) is 5.11 Å². The summed E-state index contributed by atoms with van der Waals surface area (Å²) < 4.78 is 0. The van der Waals surface area contributed by atoms with Gasteiger partial charge in [-0.1, -0.05) is 30.3 Å². The first-order chi connectivity index (χ1) is 10.2. The van der Waals surface area contributed by atoms with E-state index in [1.165, 1.54) is 11.3 Å². The van der Waals surface area contributed by atoms with E-state index in [0.29, 0.717) is 18.2 Å². The Morgan fingerprint density at radius 2 is 1.95 bits per heavy atom. The molecule has 0 spiro atoms. The molecule has 1 aliphatic heterocycles. The van der Waals surface area contributed by atoms with Crippen molar-refractivity contribution in [3.8, 4) is 6.07 Å². The van der Waals surface area contributed by atoms with Crippen LogP contribution in [0.15, 0.2) is 48.5 Å². The normalized spacial score (nSPS) is 18.1. The number of anilines is 1. The fourth-order valence-corrected chi connectivity index (χ4v) is 2.98. The summed E-state index contributed by atoms with van der Waals surface area (Å²) in [5.74, 6) is 0. The lowest BCUT2D eigenvalue weighted by Gasteiger charge is -2.27. The topological polar surface area (TPSA) is 47.3 Å². The third-order valence-corrected chi connectivity index (χ3v) is 4.14. The number of hydrogen-bond acceptors (Lipinski definition) is 3. The number of rotatable bonds is 3. The fourth-order valence-electron chi connectivity index (χ4n) is 2.98. The van der Waals surface area contributed by atoms with E-state index in [4.69, 9.17) is 5.26 Å². The van der Waals surface area contributed by atoms with Gasteiger partial charge in [0.05, 0.1) is 17.7 Å². The Morgan fingerprint density at radius 1 is 1.24 bits per heavy atom. The summed E-state index contributed by atoms with van der Waals surface area (Å²) in [6.07, 6.45) is 0.474. The lowest BCUT2D eigenvalue weighted by Crippen LogP contribution is -2.33. The Morgan fingerprint density at radius 3 is 2.67 bits per heavy atom. The summed E-state index contributed by atoms with van der Waals surface area (Å²) in [6.45, 7) is 2.76. The first-order valence-corrected chi connectivity index (χ1v) is 7.21. The summed E-state index contributed by atoms with van der Waals surface area (Å²) >= 11 is 0. The maximum Gasteiger partial charge on any atom is 0.0991 e. The van der Waals surface area contributed by atoms with Crippen LogP contribution in [0.1, 0.15) is 29.7 Å². The van der Waals surface area contributed by atoms with Crippen LogP contribution in [0.2, 0.25) is 0 Å². The predicted octanol–water partition coefficient (Wildman–Crippen LogP) is 3.04. The Balaban J connectivity index is 1.78. The van der Waals surface area contributed by atoms with Crippen molar-refractivity contribution >= 4 is 5.69 Å². The predicted molar refractivity (Wildman–Crippen MR) is 83.1 cm³/mol. The van der Waals surface area contributed by atoms with Gasteiger partial charge in [0.1, 0.15) is 0 Å². The zero-order valence-electron chi connectivity index (χ0n) is 12.0. The van der Waals surface area contributed by atoms with E-state index < -0.39 is 6.10 Å².